The standard InChI is InChI=1S/C23H23F3N2O4/c1-31-18-12-10-16(11-13-18)14-28(21(29)23(24,25)26)20-9-5-8-19(20)27-22(30)32-15-17-6-3-2-4-7-17/h2-4,6-7,9-13,19H,5,8,14-15H2,1H3,(H,27,30). The zero-order valence-corrected chi connectivity index (χ0v) is 17.4. The molecule has 2 amide bonds. The van der Waals surface area contributed by atoms with Crippen molar-refractivity contribution in [2.24, 2.45) is 0 Å². The lowest BCUT2D eigenvalue weighted by atomic mass is 10.1. The summed E-state index contributed by atoms with van der Waals surface area (Å²) in [5.74, 6) is -1.45. The van der Waals surface area contributed by atoms with Crippen LogP contribution in [0.4, 0.5) is 18.0 Å². The Kier molecular flexibility index (Phi) is 7.40. The van der Waals surface area contributed by atoms with E-state index in [0.717, 1.165) is 5.56 Å². The first-order valence-electron chi connectivity index (χ1n) is 9.97. The van der Waals surface area contributed by atoms with Crippen LogP contribution < -0.4 is 10.1 Å². The highest BCUT2D eigenvalue weighted by molar-refractivity contribution is 5.84. The van der Waals surface area contributed by atoms with Crippen LogP contribution >= 0.6 is 0 Å². The number of halogens is 3. The van der Waals surface area contributed by atoms with E-state index in [0.29, 0.717) is 29.1 Å². The Hall–Kier alpha value is -3.49. The molecule has 9 heteroatoms. The molecule has 1 atom stereocenters. The molecule has 0 spiro atoms. The first-order chi connectivity index (χ1) is 15.3. The topological polar surface area (TPSA) is 67.9 Å². The summed E-state index contributed by atoms with van der Waals surface area (Å²) >= 11 is 0. The largest absolute Gasteiger partial charge is 0.497 e. The third-order valence-corrected chi connectivity index (χ3v) is 4.97. The molecule has 6 nitrogen and oxygen atoms in total. The molecule has 0 saturated carbocycles. The second-order valence-corrected chi connectivity index (χ2v) is 7.20. The molecule has 2 aromatic carbocycles. The lowest BCUT2D eigenvalue weighted by Gasteiger charge is -2.29. The number of carbonyl (C=O) groups excluding carboxylic acids is 2. The normalized spacial score (nSPS) is 15.6. The summed E-state index contributed by atoms with van der Waals surface area (Å²) in [4.78, 5) is 25.1. The van der Waals surface area contributed by atoms with Crippen LogP contribution in [-0.4, -0.2) is 36.2 Å². The second kappa shape index (κ2) is 10.2. The Bertz CT molecular complexity index is 959. The molecule has 0 radical (unpaired) electrons. The molecule has 0 heterocycles. The summed E-state index contributed by atoms with van der Waals surface area (Å²) < 4.78 is 50.2. The van der Waals surface area contributed by atoms with Crippen molar-refractivity contribution in [3.05, 3.63) is 77.5 Å². The number of ether oxygens (including phenoxy) is 2. The minimum Gasteiger partial charge on any atom is -0.497 e. The Morgan fingerprint density at radius 1 is 1.06 bits per heavy atom. The maximum absolute atomic E-state index is 13.3. The Morgan fingerprint density at radius 2 is 1.75 bits per heavy atom. The molecule has 1 aliphatic rings. The Labute approximate surface area is 183 Å². The van der Waals surface area contributed by atoms with E-state index in [1.807, 2.05) is 6.07 Å². The number of nitrogens with zero attached hydrogens (tertiary/aromatic N) is 1. The van der Waals surface area contributed by atoms with Crippen molar-refractivity contribution in [3.63, 3.8) is 0 Å². The maximum atomic E-state index is 13.3. The SMILES string of the molecule is COc1ccc(CN(C(=O)C(F)(F)F)C2=CCCC2NC(=O)OCc2ccccc2)cc1. The number of nitrogens with one attached hydrogen (secondary N) is 1. The van der Waals surface area contributed by atoms with E-state index >= 15 is 0 Å². The van der Waals surface area contributed by atoms with Crippen LogP contribution in [0.5, 0.6) is 5.75 Å². The van der Waals surface area contributed by atoms with E-state index in [1.165, 1.54) is 13.2 Å². The average molecular weight is 448 g/mol. The van der Waals surface area contributed by atoms with E-state index in [1.54, 1.807) is 48.5 Å². The van der Waals surface area contributed by atoms with Gasteiger partial charge in [0.25, 0.3) is 0 Å². The summed E-state index contributed by atoms with van der Waals surface area (Å²) in [5, 5.41) is 2.58. The molecular weight excluding hydrogens is 425 g/mol. The highest BCUT2D eigenvalue weighted by Crippen LogP contribution is 2.30. The Morgan fingerprint density at radius 3 is 2.38 bits per heavy atom. The van der Waals surface area contributed by atoms with Gasteiger partial charge in [0.15, 0.2) is 0 Å². The van der Waals surface area contributed by atoms with Gasteiger partial charge in [-0.1, -0.05) is 48.5 Å². The molecule has 1 N–H and O–H groups in total. The lowest BCUT2D eigenvalue weighted by molar-refractivity contribution is -0.184. The predicted molar refractivity (Wildman–Crippen MR) is 110 cm³/mol. The van der Waals surface area contributed by atoms with E-state index in [4.69, 9.17) is 9.47 Å². The lowest BCUT2D eigenvalue weighted by Crippen LogP contribution is -2.46. The number of carbonyl (C=O) groups is 2. The first-order valence-corrected chi connectivity index (χ1v) is 9.97. The number of hydrogen-bond acceptors (Lipinski definition) is 4. The zero-order valence-electron chi connectivity index (χ0n) is 17.4. The molecule has 0 aliphatic heterocycles. The summed E-state index contributed by atoms with van der Waals surface area (Å²) in [5.41, 5.74) is 1.36. The maximum Gasteiger partial charge on any atom is 0.471 e. The number of alkyl carbamates (subject to hydrolysis) is 1. The number of hydrogen-bond donors (Lipinski definition) is 1. The molecule has 1 unspecified atom stereocenters. The number of allylic oxidation sites excluding steroid dienone is 1. The summed E-state index contributed by atoms with van der Waals surface area (Å²) in [6, 6.07) is 14.6. The van der Waals surface area contributed by atoms with Crippen LogP contribution in [0.3, 0.4) is 0 Å². The zero-order chi connectivity index (χ0) is 23.1. The van der Waals surface area contributed by atoms with Crippen molar-refractivity contribution < 1.29 is 32.2 Å². The van der Waals surface area contributed by atoms with Gasteiger partial charge >= 0.3 is 18.2 Å². The molecular formula is C23H23F3N2O4. The number of amides is 2. The van der Waals surface area contributed by atoms with Crippen LogP contribution in [0.25, 0.3) is 0 Å². The molecule has 1 aliphatic carbocycles. The van der Waals surface area contributed by atoms with E-state index in [9.17, 15) is 22.8 Å². The molecule has 170 valence electrons. The minimum absolute atomic E-state index is 0.0233. The van der Waals surface area contributed by atoms with Gasteiger partial charge in [0.2, 0.25) is 0 Å². The third-order valence-electron chi connectivity index (χ3n) is 4.97. The van der Waals surface area contributed by atoms with Gasteiger partial charge in [-0.3, -0.25) is 4.79 Å². The van der Waals surface area contributed by atoms with Gasteiger partial charge in [-0.25, -0.2) is 4.79 Å². The molecule has 32 heavy (non-hydrogen) atoms. The molecule has 0 bridgehead atoms. The van der Waals surface area contributed by atoms with Gasteiger partial charge in [0.1, 0.15) is 12.4 Å². The van der Waals surface area contributed by atoms with Crippen molar-refractivity contribution in [1.29, 1.82) is 0 Å². The predicted octanol–water partition coefficient (Wildman–Crippen LogP) is 4.56. The molecule has 3 rings (SSSR count). The first kappa shape index (κ1) is 23.2. The summed E-state index contributed by atoms with van der Waals surface area (Å²) in [6.07, 6.45) is -3.51. The van der Waals surface area contributed by atoms with E-state index in [2.05, 4.69) is 5.32 Å². The van der Waals surface area contributed by atoms with Crippen LogP contribution in [-0.2, 0) is 22.7 Å². The molecule has 0 saturated heterocycles. The van der Waals surface area contributed by atoms with Gasteiger partial charge in [-0.15, -0.1) is 0 Å². The highest BCUT2D eigenvalue weighted by atomic mass is 19.4. The summed E-state index contributed by atoms with van der Waals surface area (Å²) in [6.45, 7) is -0.277. The van der Waals surface area contributed by atoms with E-state index in [-0.39, 0.29) is 18.8 Å². The van der Waals surface area contributed by atoms with Crippen LogP contribution in [0.15, 0.2) is 66.4 Å². The fourth-order valence-electron chi connectivity index (χ4n) is 3.39. The van der Waals surface area contributed by atoms with Crippen LogP contribution in [0, 0.1) is 0 Å². The van der Waals surface area contributed by atoms with Crippen LogP contribution in [0.2, 0.25) is 0 Å². The second-order valence-electron chi connectivity index (χ2n) is 7.20. The molecule has 0 aromatic heterocycles. The van der Waals surface area contributed by atoms with Gasteiger partial charge in [0.05, 0.1) is 19.7 Å². The number of alkyl halides is 3. The van der Waals surface area contributed by atoms with Gasteiger partial charge in [0, 0.05) is 5.70 Å². The van der Waals surface area contributed by atoms with Gasteiger partial charge < -0.3 is 19.7 Å². The van der Waals surface area contributed by atoms with Crippen molar-refractivity contribution in [2.45, 2.75) is 38.2 Å². The monoisotopic (exact) mass is 448 g/mol. The highest BCUT2D eigenvalue weighted by Gasteiger charge is 2.45. The van der Waals surface area contributed by atoms with Gasteiger partial charge in [-0.05, 0) is 36.1 Å². The minimum atomic E-state index is -5.06. The van der Waals surface area contributed by atoms with Crippen molar-refractivity contribution in [2.75, 3.05) is 7.11 Å². The Balaban J connectivity index is 1.72. The summed E-state index contributed by atoms with van der Waals surface area (Å²) in [7, 11) is 1.48. The van der Waals surface area contributed by atoms with Crippen molar-refractivity contribution in [3.8, 4) is 5.75 Å². The average Bonchev–Trinajstić information content (AvgIpc) is 3.23. The number of methoxy groups -OCH3 is 1. The molecule has 2 aromatic rings. The number of rotatable bonds is 7. The number of benzene rings is 2. The van der Waals surface area contributed by atoms with Crippen LogP contribution in [0.1, 0.15) is 24.0 Å². The van der Waals surface area contributed by atoms with Crippen molar-refractivity contribution in [1.82, 2.24) is 10.2 Å². The van der Waals surface area contributed by atoms with Gasteiger partial charge in [-0.2, -0.15) is 13.2 Å². The smallest absolute Gasteiger partial charge is 0.471 e. The van der Waals surface area contributed by atoms with Crippen molar-refractivity contribution >= 4 is 12.0 Å². The van der Waals surface area contributed by atoms with E-state index < -0.39 is 24.2 Å². The quantitative estimate of drug-likeness (QED) is 0.675. The fourth-order valence-corrected chi connectivity index (χ4v) is 3.39. The fraction of sp³-hybridized carbons (Fsp3) is 0.304. The molecule has 0 fully saturated rings. The third kappa shape index (κ3) is 6.03.